The number of carboxylic acid groups (broad SMARTS) is 1. The predicted octanol–water partition coefficient (Wildman–Crippen LogP) is 0.357. The molecule has 6 heteroatoms. The summed E-state index contributed by atoms with van der Waals surface area (Å²) in [5, 5.41) is 11.7. The largest absolute Gasteiger partial charge is 0.480 e. The van der Waals surface area contributed by atoms with Gasteiger partial charge in [0.1, 0.15) is 6.04 Å². The van der Waals surface area contributed by atoms with Gasteiger partial charge in [-0.1, -0.05) is 12.8 Å². The van der Waals surface area contributed by atoms with Crippen LogP contribution in [0.25, 0.3) is 0 Å². The van der Waals surface area contributed by atoms with E-state index in [1.165, 1.54) is 7.11 Å². The summed E-state index contributed by atoms with van der Waals surface area (Å²) in [6, 6.07) is -0.882. The van der Waals surface area contributed by atoms with Crippen LogP contribution in [0, 0.1) is 11.8 Å². The summed E-state index contributed by atoms with van der Waals surface area (Å²) in [6.45, 7) is 0.788. The van der Waals surface area contributed by atoms with Crippen LogP contribution in [0.1, 0.15) is 32.1 Å². The van der Waals surface area contributed by atoms with E-state index in [2.05, 4.69) is 5.32 Å². The summed E-state index contributed by atoms with van der Waals surface area (Å²) in [7, 11) is 1.51. The van der Waals surface area contributed by atoms with Crippen molar-refractivity contribution in [3.63, 3.8) is 0 Å². The fourth-order valence-corrected chi connectivity index (χ4v) is 2.61. The molecule has 1 saturated carbocycles. The van der Waals surface area contributed by atoms with Crippen molar-refractivity contribution in [2.45, 2.75) is 38.1 Å². The van der Waals surface area contributed by atoms with Crippen LogP contribution in [0.4, 0.5) is 0 Å². The molecule has 0 saturated heterocycles. The predicted molar refractivity (Wildman–Crippen MR) is 70.6 cm³/mol. The van der Waals surface area contributed by atoms with E-state index in [9.17, 15) is 9.59 Å². The SMILES string of the molecule is COCCC(NC(=O)C1CCCCC1CN)C(=O)O. The van der Waals surface area contributed by atoms with Crippen LogP contribution in [-0.2, 0) is 14.3 Å². The minimum Gasteiger partial charge on any atom is -0.480 e. The molecule has 0 aromatic rings. The third kappa shape index (κ3) is 4.80. The maximum Gasteiger partial charge on any atom is 0.326 e. The second-order valence-electron chi connectivity index (χ2n) is 5.07. The Bertz CT molecular complexity index is 309. The van der Waals surface area contributed by atoms with Crippen molar-refractivity contribution in [1.82, 2.24) is 5.32 Å². The van der Waals surface area contributed by atoms with Gasteiger partial charge in [0, 0.05) is 26.1 Å². The molecule has 0 bridgehead atoms. The molecular formula is C13H24N2O4. The number of nitrogens with one attached hydrogen (secondary N) is 1. The fourth-order valence-electron chi connectivity index (χ4n) is 2.61. The average molecular weight is 272 g/mol. The lowest BCUT2D eigenvalue weighted by atomic mass is 9.78. The molecular weight excluding hydrogens is 248 g/mol. The quantitative estimate of drug-likeness (QED) is 0.621. The van der Waals surface area contributed by atoms with E-state index in [0.717, 1.165) is 25.7 Å². The maximum absolute atomic E-state index is 12.2. The number of ether oxygens (including phenoxy) is 1. The first-order valence-corrected chi connectivity index (χ1v) is 6.82. The van der Waals surface area contributed by atoms with E-state index < -0.39 is 12.0 Å². The smallest absolute Gasteiger partial charge is 0.326 e. The summed E-state index contributed by atoms with van der Waals surface area (Å²) in [4.78, 5) is 23.3. The Balaban J connectivity index is 2.56. The van der Waals surface area contributed by atoms with Crippen molar-refractivity contribution in [2.75, 3.05) is 20.3 Å². The van der Waals surface area contributed by atoms with Gasteiger partial charge in [-0.2, -0.15) is 0 Å². The molecule has 0 aromatic carbocycles. The second kappa shape index (κ2) is 8.12. The van der Waals surface area contributed by atoms with E-state index in [1.807, 2.05) is 0 Å². The van der Waals surface area contributed by atoms with E-state index in [4.69, 9.17) is 15.6 Å². The highest BCUT2D eigenvalue weighted by atomic mass is 16.5. The number of amides is 1. The minimum atomic E-state index is -1.02. The lowest BCUT2D eigenvalue weighted by Gasteiger charge is -2.30. The lowest BCUT2D eigenvalue weighted by Crippen LogP contribution is -2.47. The van der Waals surface area contributed by atoms with Gasteiger partial charge in [-0.3, -0.25) is 4.79 Å². The Morgan fingerprint density at radius 2 is 2.11 bits per heavy atom. The number of aliphatic carboxylic acids is 1. The van der Waals surface area contributed by atoms with Crippen molar-refractivity contribution in [2.24, 2.45) is 17.6 Å². The highest BCUT2D eigenvalue weighted by molar-refractivity contribution is 5.85. The van der Waals surface area contributed by atoms with Gasteiger partial charge in [0.15, 0.2) is 0 Å². The second-order valence-corrected chi connectivity index (χ2v) is 5.07. The molecule has 0 aromatic heterocycles. The van der Waals surface area contributed by atoms with Crippen molar-refractivity contribution in [1.29, 1.82) is 0 Å². The molecule has 1 fully saturated rings. The number of carbonyl (C=O) groups is 2. The molecule has 6 nitrogen and oxygen atoms in total. The van der Waals surface area contributed by atoms with Crippen LogP contribution in [0.3, 0.4) is 0 Å². The number of hydrogen-bond acceptors (Lipinski definition) is 4. The van der Waals surface area contributed by atoms with Crippen molar-refractivity contribution in [3.05, 3.63) is 0 Å². The third-order valence-electron chi connectivity index (χ3n) is 3.77. The van der Waals surface area contributed by atoms with Crippen LogP contribution in [-0.4, -0.2) is 43.3 Å². The monoisotopic (exact) mass is 272 g/mol. The Morgan fingerprint density at radius 3 is 2.68 bits per heavy atom. The van der Waals surface area contributed by atoms with Crippen LogP contribution in [0.15, 0.2) is 0 Å². The molecule has 1 aliphatic rings. The molecule has 3 unspecified atom stereocenters. The van der Waals surface area contributed by atoms with Gasteiger partial charge in [0.2, 0.25) is 5.91 Å². The Hall–Kier alpha value is -1.14. The topological polar surface area (TPSA) is 102 Å². The first-order chi connectivity index (χ1) is 9.10. The van der Waals surface area contributed by atoms with Gasteiger partial charge in [-0.15, -0.1) is 0 Å². The normalized spacial score (nSPS) is 24.7. The molecule has 0 aliphatic heterocycles. The van der Waals surface area contributed by atoms with Gasteiger partial charge in [-0.05, 0) is 25.3 Å². The number of rotatable bonds is 7. The number of hydrogen-bond donors (Lipinski definition) is 3. The Kier molecular flexibility index (Phi) is 6.80. The van der Waals surface area contributed by atoms with Gasteiger partial charge in [0.05, 0.1) is 0 Å². The minimum absolute atomic E-state index is 0.150. The number of nitrogens with two attached hydrogens (primary N) is 1. The molecule has 0 heterocycles. The zero-order valence-corrected chi connectivity index (χ0v) is 11.4. The maximum atomic E-state index is 12.2. The molecule has 1 amide bonds. The number of carboxylic acids is 1. The highest BCUT2D eigenvalue weighted by Crippen LogP contribution is 2.29. The van der Waals surface area contributed by atoms with Gasteiger partial charge >= 0.3 is 5.97 Å². The van der Waals surface area contributed by atoms with Crippen molar-refractivity contribution >= 4 is 11.9 Å². The molecule has 1 aliphatic carbocycles. The Labute approximate surface area is 113 Å². The summed E-state index contributed by atoms with van der Waals surface area (Å²) >= 11 is 0. The molecule has 1 rings (SSSR count). The highest BCUT2D eigenvalue weighted by Gasteiger charge is 2.32. The summed E-state index contributed by atoms with van der Waals surface area (Å²) < 4.78 is 4.86. The van der Waals surface area contributed by atoms with Crippen LogP contribution in [0.5, 0.6) is 0 Å². The molecule has 0 radical (unpaired) electrons. The average Bonchev–Trinajstić information content (AvgIpc) is 2.42. The van der Waals surface area contributed by atoms with E-state index in [0.29, 0.717) is 13.2 Å². The lowest BCUT2D eigenvalue weighted by molar-refractivity contribution is -0.143. The van der Waals surface area contributed by atoms with Gasteiger partial charge < -0.3 is 20.9 Å². The van der Waals surface area contributed by atoms with Crippen LogP contribution in [0.2, 0.25) is 0 Å². The molecule has 3 atom stereocenters. The molecule has 0 spiro atoms. The first-order valence-electron chi connectivity index (χ1n) is 6.82. The standard InChI is InChI=1S/C13H24N2O4/c1-19-7-6-11(13(17)18)15-12(16)10-5-3-2-4-9(10)8-14/h9-11H,2-8,14H2,1H3,(H,15,16)(H,17,18). The zero-order valence-electron chi connectivity index (χ0n) is 11.4. The molecule has 19 heavy (non-hydrogen) atoms. The van der Waals surface area contributed by atoms with Gasteiger partial charge in [-0.25, -0.2) is 4.79 Å². The summed E-state index contributed by atoms with van der Waals surface area (Å²) in [6.07, 6.45) is 4.12. The third-order valence-corrected chi connectivity index (χ3v) is 3.77. The molecule has 4 N–H and O–H groups in total. The van der Waals surface area contributed by atoms with E-state index in [-0.39, 0.29) is 24.2 Å². The fraction of sp³-hybridized carbons (Fsp3) is 0.846. The number of methoxy groups -OCH3 is 1. The van der Waals surface area contributed by atoms with Crippen molar-refractivity contribution in [3.8, 4) is 0 Å². The van der Waals surface area contributed by atoms with Crippen LogP contribution >= 0.6 is 0 Å². The Morgan fingerprint density at radius 1 is 1.42 bits per heavy atom. The number of carbonyl (C=O) groups excluding carboxylic acids is 1. The van der Waals surface area contributed by atoms with E-state index in [1.54, 1.807) is 0 Å². The summed E-state index contributed by atoms with van der Waals surface area (Å²) in [5.74, 6) is -1.18. The van der Waals surface area contributed by atoms with Crippen molar-refractivity contribution < 1.29 is 19.4 Å². The van der Waals surface area contributed by atoms with Gasteiger partial charge in [0.25, 0.3) is 0 Å². The summed E-state index contributed by atoms with van der Waals surface area (Å²) in [5.41, 5.74) is 5.69. The first kappa shape index (κ1) is 15.9. The zero-order chi connectivity index (χ0) is 14.3. The van der Waals surface area contributed by atoms with Crippen LogP contribution < -0.4 is 11.1 Å². The van der Waals surface area contributed by atoms with E-state index >= 15 is 0 Å². The molecule has 110 valence electrons.